The van der Waals surface area contributed by atoms with Crippen LogP contribution in [0.25, 0.3) is 0 Å². The third-order valence-corrected chi connectivity index (χ3v) is 5.09. The summed E-state index contributed by atoms with van der Waals surface area (Å²) in [6.07, 6.45) is 0. The van der Waals surface area contributed by atoms with Crippen LogP contribution >= 0.6 is 11.6 Å². The van der Waals surface area contributed by atoms with Gasteiger partial charge in [-0.25, -0.2) is 8.42 Å². The van der Waals surface area contributed by atoms with Gasteiger partial charge >= 0.3 is 0 Å². The number of rotatable bonds is 3. The minimum Gasteiger partial charge on any atom is -0.399 e. The Balaban J connectivity index is 2.48. The van der Waals surface area contributed by atoms with Crippen molar-refractivity contribution in [3.8, 4) is 0 Å². The van der Waals surface area contributed by atoms with E-state index in [9.17, 15) is 8.42 Å². The number of sulfonamides is 1. The molecule has 112 valence electrons. The number of benzene rings is 2. The molecular formula is C15H17ClN2O2S. The zero-order chi connectivity index (χ0) is 15.8. The topological polar surface area (TPSA) is 72.2 Å². The van der Waals surface area contributed by atoms with Crippen LogP contribution in [0, 0.1) is 20.8 Å². The van der Waals surface area contributed by atoms with E-state index in [0.29, 0.717) is 22.0 Å². The van der Waals surface area contributed by atoms with Gasteiger partial charge in [0.15, 0.2) is 0 Å². The maximum atomic E-state index is 12.6. The SMILES string of the molecule is Cc1cc(Cl)ccc1NS(=O)(=O)c1cc(N)cc(C)c1C. The maximum Gasteiger partial charge on any atom is 0.262 e. The van der Waals surface area contributed by atoms with Crippen LogP contribution in [0.1, 0.15) is 16.7 Å². The predicted molar refractivity (Wildman–Crippen MR) is 87.3 cm³/mol. The summed E-state index contributed by atoms with van der Waals surface area (Å²) in [5.41, 5.74) is 8.95. The summed E-state index contributed by atoms with van der Waals surface area (Å²) in [4.78, 5) is 0.189. The van der Waals surface area contributed by atoms with Gasteiger partial charge in [-0.05, 0) is 67.8 Å². The van der Waals surface area contributed by atoms with Crippen molar-refractivity contribution in [2.45, 2.75) is 25.7 Å². The zero-order valence-corrected chi connectivity index (χ0v) is 13.6. The number of nitrogens with two attached hydrogens (primary N) is 1. The van der Waals surface area contributed by atoms with E-state index in [1.54, 1.807) is 38.1 Å². The molecule has 0 aliphatic heterocycles. The molecule has 2 aromatic rings. The Bertz CT molecular complexity index is 802. The highest BCUT2D eigenvalue weighted by atomic mass is 35.5. The first-order valence-corrected chi connectivity index (χ1v) is 8.22. The number of hydrogen-bond donors (Lipinski definition) is 2. The molecule has 6 heteroatoms. The van der Waals surface area contributed by atoms with Crippen LogP contribution in [0.2, 0.25) is 5.02 Å². The molecular weight excluding hydrogens is 308 g/mol. The van der Waals surface area contributed by atoms with Crippen LogP contribution in [0.5, 0.6) is 0 Å². The molecule has 3 N–H and O–H groups in total. The molecule has 0 saturated heterocycles. The Labute approximate surface area is 130 Å². The van der Waals surface area contributed by atoms with Gasteiger partial charge in [0, 0.05) is 10.7 Å². The summed E-state index contributed by atoms with van der Waals surface area (Å²) in [7, 11) is -3.70. The first-order valence-electron chi connectivity index (χ1n) is 6.36. The molecule has 2 aromatic carbocycles. The Morgan fingerprint density at radius 3 is 2.33 bits per heavy atom. The molecule has 0 saturated carbocycles. The van der Waals surface area contributed by atoms with Crippen molar-refractivity contribution in [1.29, 1.82) is 0 Å². The van der Waals surface area contributed by atoms with Crippen molar-refractivity contribution in [2.75, 3.05) is 10.5 Å². The molecule has 0 aromatic heterocycles. The standard InChI is InChI=1S/C15H17ClN2O2S/c1-9-7-13(17)8-15(11(9)3)21(19,20)18-14-5-4-12(16)6-10(14)2/h4-8,18H,17H2,1-3H3. The van der Waals surface area contributed by atoms with Crippen LogP contribution in [-0.4, -0.2) is 8.42 Å². The van der Waals surface area contributed by atoms with Gasteiger partial charge in [-0.15, -0.1) is 0 Å². The van der Waals surface area contributed by atoms with Crippen LogP contribution in [-0.2, 0) is 10.0 Å². The molecule has 0 heterocycles. The lowest BCUT2D eigenvalue weighted by atomic mass is 10.1. The second kappa shape index (κ2) is 5.58. The van der Waals surface area contributed by atoms with Gasteiger partial charge in [-0.2, -0.15) is 0 Å². The zero-order valence-electron chi connectivity index (χ0n) is 12.1. The van der Waals surface area contributed by atoms with Crippen molar-refractivity contribution in [2.24, 2.45) is 0 Å². The summed E-state index contributed by atoms with van der Waals surface area (Å²) in [5.74, 6) is 0. The summed E-state index contributed by atoms with van der Waals surface area (Å²) in [5, 5.41) is 0.562. The highest BCUT2D eigenvalue weighted by Gasteiger charge is 2.19. The van der Waals surface area contributed by atoms with E-state index < -0.39 is 10.0 Å². The quantitative estimate of drug-likeness (QED) is 0.846. The third kappa shape index (κ3) is 3.31. The largest absolute Gasteiger partial charge is 0.399 e. The van der Waals surface area contributed by atoms with Crippen LogP contribution in [0.15, 0.2) is 35.2 Å². The molecule has 0 amide bonds. The van der Waals surface area contributed by atoms with Gasteiger partial charge in [-0.1, -0.05) is 11.6 Å². The molecule has 21 heavy (non-hydrogen) atoms. The molecule has 0 fully saturated rings. The summed E-state index contributed by atoms with van der Waals surface area (Å²) in [6, 6.07) is 8.21. The highest BCUT2D eigenvalue weighted by Crippen LogP contribution is 2.26. The molecule has 0 spiro atoms. The smallest absolute Gasteiger partial charge is 0.262 e. The lowest BCUT2D eigenvalue weighted by Gasteiger charge is -2.14. The van der Waals surface area contributed by atoms with Gasteiger partial charge in [0.25, 0.3) is 10.0 Å². The highest BCUT2D eigenvalue weighted by molar-refractivity contribution is 7.92. The van der Waals surface area contributed by atoms with Crippen molar-refractivity contribution < 1.29 is 8.42 Å². The fraction of sp³-hybridized carbons (Fsp3) is 0.200. The van der Waals surface area contributed by atoms with Crippen LogP contribution < -0.4 is 10.5 Å². The third-order valence-electron chi connectivity index (χ3n) is 3.36. The Kier molecular flexibility index (Phi) is 4.16. The molecule has 0 aliphatic carbocycles. The monoisotopic (exact) mass is 324 g/mol. The minimum atomic E-state index is -3.70. The van der Waals surface area contributed by atoms with E-state index >= 15 is 0 Å². The van der Waals surface area contributed by atoms with Crippen LogP contribution in [0.4, 0.5) is 11.4 Å². The minimum absolute atomic E-state index is 0.189. The average molecular weight is 325 g/mol. The number of aryl methyl sites for hydroxylation is 2. The molecule has 0 atom stereocenters. The van der Waals surface area contributed by atoms with Crippen molar-refractivity contribution in [1.82, 2.24) is 0 Å². The Morgan fingerprint density at radius 1 is 1.05 bits per heavy atom. The first kappa shape index (κ1) is 15.7. The predicted octanol–water partition coefficient (Wildman–Crippen LogP) is 3.65. The van der Waals surface area contributed by atoms with Crippen LogP contribution in [0.3, 0.4) is 0 Å². The van der Waals surface area contributed by atoms with Gasteiger partial charge in [-0.3, -0.25) is 4.72 Å². The summed E-state index contributed by atoms with van der Waals surface area (Å²) >= 11 is 5.88. The van der Waals surface area contributed by atoms with E-state index in [0.717, 1.165) is 11.1 Å². The Hall–Kier alpha value is -1.72. The van der Waals surface area contributed by atoms with Gasteiger partial charge in [0.1, 0.15) is 0 Å². The molecule has 4 nitrogen and oxygen atoms in total. The van der Waals surface area contributed by atoms with E-state index in [4.69, 9.17) is 17.3 Å². The maximum absolute atomic E-state index is 12.6. The number of halogens is 1. The number of hydrogen-bond acceptors (Lipinski definition) is 3. The van der Waals surface area contributed by atoms with Crippen molar-refractivity contribution in [3.63, 3.8) is 0 Å². The number of nitrogens with one attached hydrogen (secondary N) is 1. The second-order valence-electron chi connectivity index (χ2n) is 5.03. The number of nitrogen functional groups attached to an aromatic ring is 1. The fourth-order valence-corrected chi connectivity index (χ4v) is 3.78. The molecule has 0 radical (unpaired) electrons. The van der Waals surface area contributed by atoms with Crippen molar-refractivity contribution in [3.05, 3.63) is 52.0 Å². The number of anilines is 2. The summed E-state index contributed by atoms with van der Waals surface area (Å²) < 4.78 is 27.7. The lowest BCUT2D eigenvalue weighted by Crippen LogP contribution is -2.16. The van der Waals surface area contributed by atoms with Crippen molar-refractivity contribution >= 4 is 33.0 Å². The molecule has 0 aliphatic rings. The van der Waals surface area contributed by atoms with E-state index in [1.807, 2.05) is 6.92 Å². The molecule has 0 bridgehead atoms. The Morgan fingerprint density at radius 2 is 1.71 bits per heavy atom. The average Bonchev–Trinajstić information content (AvgIpc) is 2.37. The molecule has 2 rings (SSSR count). The fourth-order valence-electron chi connectivity index (χ4n) is 2.07. The van der Waals surface area contributed by atoms with Gasteiger partial charge < -0.3 is 5.73 Å². The lowest BCUT2D eigenvalue weighted by molar-refractivity contribution is 0.600. The van der Waals surface area contributed by atoms with E-state index in [2.05, 4.69) is 4.72 Å². The first-order chi connectivity index (χ1) is 9.70. The van der Waals surface area contributed by atoms with Gasteiger partial charge in [0.2, 0.25) is 0 Å². The van der Waals surface area contributed by atoms with E-state index in [1.165, 1.54) is 6.07 Å². The second-order valence-corrected chi connectivity index (χ2v) is 7.11. The molecule has 0 unspecified atom stereocenters. The van der Waals surface area contributed by atoms with Gasteiger partial charge in [0.05, 0.1) is 10.6 Å². The van der Waals surface area contributed by atoms with E-state index in [-0.39, 0.29) is 4.90 Å². The summed E-state index contributed by atoms with van der Waals surface area (Å²) in [6.45, 7) is 5.39. The normalized spacial score (nSPS) is 11.4.